The molecule has 6 rings (SSSR count). The minimum atomic E-state index is 0.321. The number of nitrogens with one attached hydrogen (secondary N) is 1. The largest absolute Gasteiger partial charge is 0.361 e. The second kappa shape index (κ2) is 6.23. The fourth-order valence-electron chi connectivity index (χ4n) is 5.13. The van der Waals surface area contributed by atoms with E-state index in [1.165, 1.54) is 46.1 Å². The van der Waals surface area contributed by atoms with E-state index in [1.807, 2.05) is 6.20 Å². The van der Waals surface area contributed by atoms with E-state index in [0.717, 1.165) is 57.4 Å². The molecule has 1 amide bonds. The molecular formula is C23H26N4O. The van der Waals surface area contributed by atoms with Crippen molar-refractivity contribution in [2.45, 2.75) is 38.5 Å². The summed E-state index contributed by atoms with van der Waals surface area (Å²) < 4.78 is 0. The molecule has 0 unspecified atom stereocenters. The molecule has 144 valence electrons. The zero-order chi connectivity index (χ0) is 18.7. The molecule has 5 nitrogen and oxygen atoms in total. The molecule has 3 aliphatic rings. The molecule has 3 heterocycles. The predicted octanol–water partition coefficient (Wildman–Crippen LogP) is 3.65. The fraction of sp³-hybridized carbons (Fsp3) is 0.478. The van der Waals surface area contributed by atoms with E-state index in [-0.39, 0.29) is 0 Å². The zero-order valence-electron chi connectivity index (χ0n) is 16.2. The van der Waals surface area contributed by atoms with Crippen LogP contribution in [0.15, 0.2) is 24.4 Å². The lowest BCUT2D eigenvalue weighted by atomic mass is 9.88. The Kier molecular flexibility index (Phi) is 3.65. The zero-order valence-corrected chi connectivity index (χ0v) is 16.2. The molecule has 1 aromatic carbocycles. The minimum Gasteiger partial charge on any atom is -0.361 e. The normalized spacial score (nSPS) is 20.0. The number of hydrogen-bond acceptors (Lipinski definition) is 3. The number of benzene rings is 1. The number of aryl methyl sites for hydroxylation is 1. The van der Waals surface area contributed by atoms with Gasteiger partial charge in [-0.1, -0.05) is 0 Å². The first-order chi connectivity index (χ1) is 13.8. The summed E-state index contributed by atoms with van der Waals surface area (Å²) in [5.41, 5.74) is 5.27. The third-order valence-electron chi connectivity index (χ3n) is 6.80. The Balaban J connectivity index is 1.40. The maximum absolute atomic E-state index is 12.4. The van der Waals surface area contributed by atoms with Crippen molar-refractivity contribution in [3.63, 3.8) is 0 Å². The van der Waals surface area contributed by atoms with Crippen LogP contribution in [0, 0.1) is 5.92 Å². The molecule has 0 radical (unpaired) electrons. The van der Waals surface area contributed by atoms with Gasteiger partial charge in [-0.3, -0.25) is 4.79 Å². The van der Waals surface area contributed by atoms with Crippen molar-refractivity contribution in [2.75, 3.05) is 31.1 Å². The Morgan fingerprint density at radius 2 is 1.79 bits per heavy atom. The molecule has 1 saturated carbocycles. The van der Waals surface area contributed by atoms with Crippen molar-refractivity contribution in [1.29, 1.82) is 0 Å². The number of pyridine rings is 1. The number of anilines is 1. The van der Waals surface area contributed by atoms with E-state index < -0.39 is 0 Å². The maximum atomic E-state index is 12.4. The number of fused-ring (bicyclic) bond motifs is 5. The summed E-state index contributed by atoms with van der Waals surface area (Å²) in [5.74, 6) is 1.88. The highest BCUT2D eigenvalue weighted by Crippen LogP contribution is 2.38. The summed E-state index contributed by atoms with van der Waals surface area (Å²) in [5, 5.41) is 2.65. The summed E-state index contributed by atoms with van der Waals surface area (Å²) in [6.07, 6.45) is 8.98. The highest BCUT2D eigenvalue weighted by molar-refractivity contribution is 6.08. The predicted molar refractivity (Wildman–Crippen MR) is 112 cm³/mol. The second-order valence-electron chi connectivity index (χ2n) is 8.58. The summed E-state index contributed by atoms with van der Waals surface area (Å²) >= 11 is 0. The van der Waals surface area contributed by atoms with Crippen molar-refractivity contribution in [2.24, 2.45) is 5.92 Å². The molecule has 5 heteroatoms. The van der Waals surface area contributed by atoms with Gasteiger partial charge in [0.1, 0.15) is 5.82 Å². The lowest BCUT2D eigenvalue weighted by Gasteiger charge is -2.37. The molecule has 2 aliphatic carbocycles. The molecule has 2 fully saturated rings. The van der Waals surface area contributed by atoms with Crippen LogP contribution in [-0.4, -0.2) is 47.0 Å². The van der Waals surface area contributed by atoms with Gasteiger partial charge in [0.15, 0.2) is 0 Å². The standard InChI is InChI=1S/C23H26N4O/c28-23(15-5-6-15)27-13-11-26(12-14-27)22-17-4-2-1-3-16(17)21-18-9-10-24-19(18)7-8-20(21)25-22/h7-10,15,24H,1-6,11-14H2. The number of nitrogens with zero attached hydrogens (tertiary/aromatic N) is 3. The van der Waals surface area contributed by atoms with Gasteiger partial charge in [0.2, 0.25) is 5.91 Å². The smallest absolute Gasteiger partial charge is 0.225 e. The fourth-order valence-corrected chi connectivity index (χ4v) is 5.13. The quantitative estimate of drug-likeness (QED) is 0.745. The molecule has 1 N–H and O–H groups in total. The number of amides is 1. The molecule has 1 saturated heterocycles. The van der Waals surface area contributed by atoms with E-state index >= 15 is 0 Å². The number of rotatable bonds is 2. The van der Waals surface area contributed by atoms with Gasteiger partial charge in [0.05, 0.1) is 5.52 Å². The van der Waals surface area contributed by atoms with Crippen LogP contribution in [-0.2, 0) is 17.6 Å². The molecule has 2 aromatic heterocycles. The van der Waals surface area contributed by atoms with Crippen molar-refractivity contribution < 1.29 is 4.79 Å². The first-order valence-electron chi connectivity index (χ1n) is 10.7. The number of H-pyrrole nitrogens is 1. The Morgan fingerprint density at radius 1 is 1.00 bits per heavy atom. The van der Waals surface area contributed by atoms with Crippen LogP contribution in [0.25, 0.3) is 21.8 Å². The van der Waals surface area contributed by atoms with Crippen LogP contribution in [0.3, 0.4) is 0 Å². The number of aromatic amines is 1. The average Bonchev–Trinajstić information content (AvgIpc) is 3.49. The van der Waals surface area contributed by atoms with Gasteiger partial charge in [-0.25, -0.2) is 4.98 Å². The van der Waals surface area contributed by atoms with Gasteiger partial charge in [-0.15, -0.1) is 0 Å². The van der Waals surface area contributed by atoms with Crippen LogP contribution >= 0.6 is 0 Å². The van der Waals surface area contributed by atoms with E-state index in [2.05, 4.69) is 33.0 Å². The van der Waals surface area contributed by atoms with Crippen LogP contribution < -0.4 is 4.90 Å². The summed E-state index contributed by atoms with van der Waals surface area (Å²) in [4.78, 5) is 25.4. The molecular weight excluding hydrogens is 348 g/mol. The van der Waals surface area contributed by atoms with Crippen LogP contribution in [0.5, 0.6) is 0 Å². The monoisotopic (exact) mass is 374 g/mol. The Bertz CT molecular complexity index is 1070. The first-order valence-corrected chi connectivity index (χ1v) is 10.7. The number of aromatic nitrogens is 2. The first kappa shape index (κ1) is 16.4. The van der Waals surface area contributed by atoms with Gasteiger partial charge in [0.25, 0.3) is 0 Å². The summed E-state index contributed by atoms with van der Waals surface area (Å²) in [6.45, 7) is 3.47. The van der Waals surface area contributed by atoms with Crippen LogP contribution in [0.4, 0.5) is 5.82 Å². The lowest BCUT2D eigenvalue weighted by molar-refractivity contribution is -0.132. The molecule has 3 aromatic rings. The Hall–Kier alpha value is -2.56. The van der Waals surface area contributed by atoms with E-state index in [9.17, 15) is 4.79 Å². The molecule has 28 heavy (non-hydrogen) atoms. The highest BCUT2D eigenvalue weighted by Gasteiger charge is 2.35. The number of carbonyl (C=O) groups is 1. The molecule has 1 aliphatic heterocycles. The van der Waals surface area contributed by atoms with Crippen molar-refractivity contribution in [3.05, 3.63) is 35.5 Å². The number of hydrogen-bond donors (Lipinski definition) is 1. The van der Waals surface area contributed by atoms with Crippen molar-refractivity contribution in [3.8, 4) is 0 Å². The van der Waals surface area contributed by atoms with E-state index in [4.69, 9.17) is 4.98 Å². The van der Waals surface area contributed by atoms with Crippen LogP contribution in [0.2, 0.25) is 0 Å². The SMILES string of the molecule is O=C(C1CC1)N1CCN(c2nc3ccc4[nH]ccc4c3c3c2CCCC3)CC1. The average molecular weight is 374 g/mol. The number of piperazine rings is 1. The second-order valence-corrected chi connectivity index (χ2v) is 8.58. The lowest BCUT2D eigenvalue weighted by Crippen LogP contribution is -2.49. The Labute approximate surface area is 164 Å². The van der Waals surface area contributed by atoms with E-state index in [0.29, 0.717) is 11.8 Å². The highest BCUT2D eigenvalue weighted by atomic mass is 16.2. The molecule has 0 atom stereocenters. The van der Waals surface area contributed by atoms with Gasteiger partial charge in [0, 0.05) is 54.6 Å². The number of carbonyl (C=O) groups excluding carboxylic acids is 1. The van der Waals surface area contributed by atoms with Gasteiger partial charge < -0.3 is 14.8 Å². The van der Waals surface area contributed by atoms with E-state index in [1.54, 1.807) is 0 Å². The van der Waals surface area contributed by atoms with Crippen molar-refractivity contribution >= 4 is 33.5 Å². The van der Waals surface area contributed by atoms with Gasteiger partial charge in [-0.2, -0.15) is 0 Å². The topological polar surface area (TPSA) is 52.2 Å². The third-order valence-corrected chi connectivity index (χ3v) is 6.80. The van der Waals surface area contributed by atoms with Crippen molar-refractivity contribution in [1.82, 2.24) is 14.9 Å². The maximum Gasteiger partial charge on any atom is 0.225 e. The third kappa shape index (κ3) is 2.52. The summed E-state index contributed by atoms with van der Waals surface area (Å²) in [6, 6.07) is 6.51. The Morgan fingerprint density at radius 3 is 2.57 bits per heavy atom. The minimum absolute atomic E-state index is 0.321. The van der Waals surface area contributed by atoms with Crippen LogP contribution in [0.1, 0.15) is 36.8 Å². The molecule has 0 bridgehead atoms. The molecule has 0 spiro atoms. The van der Waals surface area contributed by atoms with Gasteiger partial charge in [-0.05, 0) is 67.9 Å². The van der Waals surface area contributed by atoms with Gasteiger partial charge >= 0.3 is 0 Å². The summed E-state index contributed by atoms with van der Waals surface area (Å²) in [7, 11) is 0.